The molecule has 1 amide bonds. The van der Waals surface area contributed by atoms with E-state index in [0.29, 0.717) is 13.1 Å². The summed E-state index contributed by atoms with van der Waals surface area (Å²) in [6.07, 6.45) is 3.45. The van der Waals surface area contributed by atoms with Crippen molar-refractivity contribution < 1.29 is 14.3 Å². The maximum absolute atomic E-state index is 12.2. The van der Waals surface area contributed by atoms with Gasteiger partial charge in [0.2, 0.25) is 0 Å². The molecule has 150 valence electrons. The van der Waals surface area contributed by atoms with Gasteiger partial charge in [0.15, 0.2) is 5.96 Å². The number of halogens is 1. The molecule has 1 saturated heterocycles. The number of aliphatic imine (C=N–C) groups is 1. The Morgan fingerprint density at radius 1 is 1.31 bits per heavy atom. The van der Waals surface area contributed by atoms with Gasteiger partial charge >= 0.3 is 6.09 Å². The van der Waals surface area contributed by atoms with Crippen molar-refractivity contribution in [2.24, 2.45) is 10.9 Å². The zero-order valence-corrected chi connectivity index (χ0v) is 18.5. The van der Waals surface area contributed by atoms with Crippen molar-refractivity contribution in [1.82, 2.24) is 15.1 Å². The second-order valence-electron chi connectivity index (χ2n) is 8.24. The molecule has 1 atom stereocenters. The number of hydrogen-bond acceptors (Lipinski definition) is 6. The predicted molar refractivity (Wildman–Crippen MR) is 112 cm³/mol. The highest BCUT2D eigenvalue weighted by Crippen LogP contribution is 2.28. The number of nitrogens with zero attached hydrogens (tertiary/aromatic N) is 3. The molecule has 0 radical (unpaired) electrons. The van der Waals surface area contributed by atoms with E-state index in [1.54, 1.807) is 4.90 Å². The summed E-state index contributed by atoms with van der Waals surface area (Å²) in [7, 11) is 0. The number of amides is 1. The fraction of sp³-hybridized carbons (Fsp3) is 0.889. The van der Waals surface area contributed by atoms with E-state index in [-0.39, 0.29) is 36.1 Å². The molecule has 1 aliphatic carbocycles. The molecule has 2 aliphatic heterocycles. The minimum absolute atomic E-state index is 0. The molecule has 7 nitrogen and oxygen atoms in total. The predicted octanol–water partition coefficient (Wildman–Crippen LogP) is 2.30. The molecule has 26 heavy (non-hydrogen) atoms. The number of carbonyl (C=O) groups is 1. The van der Waals surface area contributed by atoms with Crippen LogP contribution in [0.1, 0.15) is 40.0 Å². The summed E-state index contributed by atoms with van der Waals surface area (Å²) < 4.78 is 11.1. The molecule has 3 aliphatic rings. The Morgan fingerprint density at radius 2 is 2.08 bits per heavy atom. The molecule has 8 heteroatoms. The van der Waals surface area contributed by atoms with E-state index < -0.39 is 5.60 Å². The van der Waals surface area contributed by atoms with E-state index in [1.807, 2.05) is 20.8 Å². The minimum Gasteiger partial charge on any atom is -0.444 e. The summed E-state index contributed by atoms with van der Waals surface area (Å²) >= 11 is 0. The molecule has 0 aromatic rings. The number of rotatable bonds is 6. The van der Waals surface area contributed by atoms with Crippen molar-refractivity contribution in [3.05, 3.63) is 0 Å². The first-order valence-corrected chi connectivity index (χ1v) is 9.53. The van der Waals surface area contributed by atoms with Crippen LogP contribution in [0, 0.1) is 5.92 Å². The highest BCUT2D eigenvalue weighted by molar-refractivity contribution is 14.0. The zero-order valence-electron chi connectivity index (χ0n) is 16.2. The van der Waals surface area contributed by atoms with Gasteiger partial charge in [0.05, 0.1) is 12.6 Å². The average molecular weight is 480 g/mol. The van der Waals surface area contributed by atoms with Gasteiger partial charge in [-0.1, -0.05) is 0 Å². The Balaban J connectivity index is 0.00000243. The van der Waals surface area contributed by atoms with Crippen molar-refractivity contribution in [2.45, 2.75) is 51.7 Å². The number of hydrogen-bond donors (Lipinski definition) is 1. The Hall–Kier alpha value is -0.770. The van der Waals surface area contributed by atoms with Gasteiger partial charge in [-0.05, 0) is 46.0 Å². The monoisotopic (exact) mass is 480 g/mol. The van der Waals surface area contributed by atoms with E-state index in [1.165, 1.54) is 12.8 Å². The number of ether oxygens (including phenoxy) is 2. The van der Waals surface area contributed by atoms with Crippen LogP contribution in [0.15, 0.2) is 4.99 Å². The molecule has 0 aromatic heterocycles. The average Bonchev–Trinajstić information content (AvgIpc) is 3.28. The quantitative estimate of drug-likeness (QED) is 0.467. The Bertz CT molecular complexity index is 505. The van der Waals surface area contributed by atoms with Gasteiger partial charge in [0.1, 0.15) is 5.60 Å². The lowest BCUT2D eigenvalue weighted by Gasteiger charge is -2.39. The van der Waals surface area contributed by atoms with Crippen LogP contribution in [0.2, 0.25) is 0 Å². The molecule has 1 saturated carbocycles. The highest BCUT2D eigenvalue weighted by Gasteiger charge is 2.36. The molecule has 0 aromatic carbocycles. The summed E-state index contributed by atoms with van der Waals surface area (Å²) in [5, 5.41) is 3.43. The maximum Gasteiger partial charge on any atom is 0.410 e. The van der Waals surface area contributed by atoms with E-state index in [0.717, 1.165) is 51.1 Å². The smallest absolute Gasteiger partial charge is 0.410 e. The van der Waals surface area contributed by atoms with Gasteiger partial charge in [-0.2, -0.15) is 0 Å². The molecule has 0 bridgehead atoms. The minimum atomic E-state index is -0.450. The van der Waals surface area contributed by atoms with Crippen LogP contribution in [-0.2, 0) is 9.47 Å². The standard InChI is InChI=1S/C18H32N4O3.HI/c1-18(2,3)25-17(23)21-8-9-22-15(12-21)11-20-16(22)19-7-4-10-24-13-14-5-6-14;/h14-15H,4-13H2,1-3H3,(H,19,20);1H. The molecule has 1 N–H and O–H groups in total. The summed E-state index contributed by atoms with van der Waals surface area (Å²) in [5.74, 6) is 1.80. The first-order valence-electron chi connectivity index (χ1n) is 9.53. The van der Waals surface area contributed by atoms with Gasteiger partial charge in [0.25, 0.3) is 0 Å². The lowest BCUT2D eigenvalue weighted by molar-refractivity contribution is 0.0137. The van der Waals surface area contributed by atoms with E-state index in [9.17, 15) is 4.79 Å². The number of fused-ring (bicyclic) bond motifs is 1. The fourth-order valence-electron chi connectivity index (χ4n) is 3.13. The van der Waals surface area contributed by atoms with Crippen LogP contribution in [-0.4, -0.2) is 79.4 Å². The van der Waals surface area contributed by atoms with Gasteiger partial charge in [-0.3, -0.25) is 4.99 Å². The molecule has 2 fully saturated rings. The topological polar surface area (TPSA) is 66.4 Å². The van der Waals surface area contributed by atoms with Gasteiger partial charge in [0, 0.05) is 39.4 Å². The Kier molecular flexibility index (Phi) is 7.81. The maximum atomic E-state index is 12.2. The third-order valence-electron chi connectivity index (χ3n) is 4.66. The van der Waals surface area contributed by atoms with Crippen LogP contribution in [0.25, 0.3) is 0 Å². The SMILES string of the molecule is CC(C)(C)OC(=O)N1CCN2C(NCCCOCC3CC3)=NCC2C1.I. The van der Waals surface area contributed by atoms with Crippen molar-refractivity contribution in [1.29, 1.82) is 0 Å². The van der Waals surface area contributed by atoms with Gasteiger partial charge in [-0.25, -0.2) is 4.79 Å². The fourth-order valence-corrected chi connectivity index (χ4v) is 3.13. The van der Waals surface area contributed by atoms with Crippen molar-refractivity contribution in [3.8, 4) is 0 Å². The van der Waals surface area contributed by atoms with Crippen LogP contribution in [0.3, 0.4) is 0 Å². The van der Waals surface area contributed by atoms with Crippen molar-refractivity contribution >= 4 is 36.0 Å². The zero-order chi connectivity index (χ0) is 17.9. The van der Waals surface area contributed by atoms with Crippen molar-refractivity contribution in [2.75, 3.05) is 45.9 Å². The number of guanidine groups is 1. The van der Waals surface area contributed by atoms with E-state index in [2.05, 4.69) is 15.2 Å². The lowest BCUT2D eigenvalue weighted by atomic mass is 10.2. The summed E-state index contributed by atoms with van der Waals surface area (Å²) in [6, 6.07) is 0.259. The molecular formula is C18H33IN4O3. The Morgan fingerprint density at radius 3 is 2.77 bits per heavy atom. The lowest BCUT2D eigenvalue weighted by Crippen LogP contribution is -2.57. The first kappa shape index (κ1) is 21.5. The van der Waals surface area contributed by atoms with Crippen LogP contribution >= 0.6 is 24.0 Å². The third-order valence-corrected chi connectivity index (χ3v) is 4.66. The summed E-state index contributed by atoms with van der Waals surface area (Å²) in [6.45, 7) is 11.2. The molecular weight excluding hydrogens is 447 g/mol. The largest absolute Gasteiger partial charge is 0.444 e. The third kappa shape index (κ3) is 6.44. The molecule has 3 rings (SSSR count). The van der Waals surface area contributed by atoms with E-state index in [4.69, 9.17) is 9.47 Å². The number of carbonyl (C=O) groups excluding carboxylic acids is 1. The second-order valence-corrected chi connectivity index (χ2v) is 8.24. The molecule has 0 spiro atoms. The van der Waals surface area contributed by atoms with Crippen LogP contribution in [0.5, 0.6) is 0 Å². The van der Waals surface area contributed by atoms with Crippen LogP contribution < -0.4 is 5.32 Å². The number of nitrogens with one attached hydrogen (secondary N) is 1. The Labute approximate surface area is 173 Å². The summed E-state index contributed by atoms with van der Waals surface area (Å²) in [4.78, 5) is 20.9. The van der Waals surface area contributed by atoms with Crippen molar-refractivity contribution in [3.63, 3.8) is 0 Å². The molecule has 1 unspecified atom stereocenters. The number of piperazine rings is 1. The van der Waals surface area contributed by atoms with Gasteiger partial charge < -0.3 is 24.6 Å². The van der Waals surface area contributed by atoms with Crippen LogP contribution in [0.4, 0.5) is 4.79 Å². The van der Waals surface area contributed by atoms with Gasteiger partial charge in [-0.15, -0.1) is 24.0 Å². The summed E-state index contributed by atoms with van der Waals surface area (Å²) in [5.41, 5.74) is -0.450. The second kappa shape index (κ2) is 9.43. The van der Waals surface area contributed by atoms with E-state index >= 15 is 0 Å². The normalized spacial score (nSPS) is 22.4. The molecule has 2 heterocycles. The first-order chi connectivity index (χ1) is 11.9. The highest BCUT2D eigenvalue weighted by atomic mass is 127.